The third-order valence-electron chi connectivity index (χ3n) is 2.16. The van der Waals surface area contributed by atoms with Crippen LogP contribution in [0.5, 0.6) is 5.75 Å². The number of anilines is 2. The first-order valence-corrected chi connectivity index (χ1v) is 4.81. The first kappa shape index (κ1) is 10.3. The minimum atomic E-state index is 0.576. The summed E-state index contributed by atoms with van der Waals surface area (Å²) in [7, 11) is 1.59. The average Bonchev–Trinajstić information content (AvgIpc) is 2.81. The Labute approximate surface area is 92.8 Å². The first-order chi connectivity index (χ1) is 7.79. The summed E-state index contributed by atoms with van der Waals surface area (Å²) in [5.74, 6) is 1.43. The molecule has 2 aromatic rings. The summed E-state index contributed by atoms with van der Waals surface area (Å²) in [4.78, 5) is 4.01. The van der Waals surface area contributed by atoms with Gasteiger partial charge in [-0.3, -0.25) is 5.10 Å². The Morgan fingerprint density at radius 3 is 3.06 bits per heavy atom. The summed E-state index contributed by atoms with van der Waals surface area (Å²) in [5, 5.41) is 9.71. The van der Waals surface area contributed by atoms with Crippen LogP contribution in [-0.4, -0.2) is 22.3 Å². The lowest BCUT2D eigenvalue weighted by molar-refractivity contribution is 0.417. The zero-order chi connectivity index (χ0) is 11.4. The minimum Gasteiger partial charge on any atom is -0.495 e. The van der Waals surface area contributed by atoms with Gasteiger partial charge in [-0.15, -0.1) is 0 Å². The van der Waals surface area contributed by atoms with Gasteiger partial charge in [-0.2, -0.15) is 5.10 Å². The molecule has 4 N–H and O–H groups in total. The van der Waals surface area contributed by atoms with Gasteiger partial charge in [0.2, 0.25) is 0 Å². The second kappa shape index (κ2) is 4.52. The van der Waals surface area contributed by atoms with E-state index in [1.807, 2.05) is 12.1 Å². The average molecular weight is 219 g/mol. The third kappa shape index (κ3) is 2.22. The van der Waals surface area contributed by atoms with E-state index in [-0.39, 0.29) is 0 Å². The van der Waals surface area contributed by atoms with Crippen molar-refractivity contribution in [1.82, 2.24) is 15.2 Å². The Morgan fingerprint density at radius 2 is 2.38 bits per heavy atom. The maximum Gasteiger partial charge on any atom is 0.143 e. The molecule has 1 aromatic heterocycles. The quantitative estimate of drug-likeness (QED) is 0.668. The second-order valence-electron chi connectivity index (χ2n) is 3.24. The van der Waals surface area contributed by atoms with Crippen LogP contribution in [0.15, 0.2) is 24.5 Å². The van der Waals surface area contributed by atoms with Crippen LogP contribution in [-0.2, 0) is 6.54 Å². The summed E-state index contributed by atoms with van der Waals surface area (Å²) in [6, 6.07) is 5.52. The molecule has 6 heteroatoms. The highest BCUT2D eigenvalue weighted by Crippen LogP contribution is 2.24. The standard InChI is InChI=1S/C10H13N5O/c1-16-9-4-7(2-3-8(9)11)12-5-10-13-6-14-15-10/h2-4,6,12H,5,11H2,1H3,(H,13,14,15). The largest absolute Gasteiger partial charge is 0.495 e. The number of nitrogen functional groups attached to an aromatic ring is 1. The predicted molar refractivity (Wildman–Crippen MR) is 61.1 cm³/mol. The molecule has 0 radical (unpaired) electrons. The SMILES string of the molecule is COc1cc(NCc2ncn[nH]2)ccc1N. The van der Waals surface area contributed by atoms with E-state index in [4.69, 9.17) is 10.5 Å². The van der Waals surface area contributed by atoms with Gasteiger partial charge in [0.15, 0.2) is 0 Å². The summed E-state index contributed by atoms with van der Waals surface area (Å²) in [6.45, 7) is 0.576. The number of aromatic nitrogens is 3. The van der Waals surface area contributed by atoms with E-state index < -0.39 is 0 Å². The van der Waals surface area contributed by atoms with Gasteiger partial charge in [-0.05, 0) is 12.1 Å². The van der Waals surface area contributed by atoms with Gasteiger partial charge in [0.05, 0.1) is 19.3 Å². The Kier molecular flexibility index (Phi) is 2.90. The summed E-state index contributed by atoms with van der Waals surface area (Å²) >= 11 is 0. The Hall–Kier alpha value is -2.24. The van der Waals surface area contributed by atoms with Crippen LogP contribution >= 0.6 is 0 Å². The molecule has 16 heavy (non-hydrogen) atoms. The molecule has 0 unspecified atom stereocenters. The number of nitrogens with two attached hydrogens (primary N) is 1. The molecule has 0 aliphatic carbocycles. The molecule has 6 nitrogen and oxygen atoms in total. The molecule has 84 valence electrons. The maximum absolute atomic E-state index is 5.71. The second-order valence-corrected chi connectivity index (χ2v) is 3.24. The Balaban J connectivity index is 2.04. The molecular weight excluding hydrogens is 206 g/mol. The maximum atomic E-state index is 5.71. The fourth-order valence-electron chi connectivity index (χ4n) is 1.32. The van der Waals surface area contributed by atoms with Gasteiger partial charge in [0, 0.05) is 11.8 Å². The van der Waals surface area contributed by atoms with E-state index in [0.29, 0.717) is 18.0 Å². The number of nitrogens with one attached hydrogen (secondary N) is 2. The number of nitrogens with zero attached hydrogens (tertiary/aromatic N) is 2. The lowest BCUT2D eigenvalue weighted by Gasteiger charge is -2.08. The van der Waals surface area contributed by atoms with Crippen LogP contribution < -0.4 is 15.8 Å². The van der Waals surface area contributed by atoms with Crippen LogP contribution in [0.2, 0.25) is 0 Å². The molecule has 1 aromatic carbocycles. The highest BCUT2D eigenvalue weighted by atomic mass is 16.5. The van der Waals surface area contributed by atoms with E-state index in [0.717, 1.165) is 11.5 Å². The van der Waals surface area contributed by atoms with Gasteiger partial charge in [0.25, 0.3) is 0 Å². The monoisotopic (exact) mass is 219 g/mol. The van der Waals surface area contributed by atoms with Gasteiger partial charge >= 0.3 is 0 Å². The fraction of sp³-hybridized carbons (Fsp3) is 0.200. The number of ether oxygens (including phenoxy) is 1. The van der Waals surface area contributed by atoms with E-state index >= 15 is 0 Å². The van der Waals surface area contributed by atoms with Crippen molar-refractivity contribution >= 4 is 11.4 Å². The van der Waals surface area contributed by atoms with E-state index in [1.165, 1.54) is 6.33 Å². The number of methoxy groups -OCH3 is 1. The van der Waals surface area contributed by atoms with Gasteiger partial charge < -0.3 is 15.8 Å². The Morgan fingerprint density at radius 1 is 1.50 bits per heavy atom. The molecule has 0 bridgehead atoms. The number of H-pyrrole nitrogens is 1. The van der Waals surface area contributed by atoms with Crippen molar-refractivity contribution in [3.63, 3.8) is 0 Å². The molecule has 2 rings (SSSR count). The molecule has 0 aliphatic rings. The summed E-state index contributed by atoms with van der Waals surface area (Å²) < 4.78 is 5.12. The molecule has 0 aliphatic heterocycles. The Bertz CT molecular complexity index is 454. The molecule has 0 spiro atoms. The molecule has 0 atom stereocenters. The van der Waals surface area contributed by atoms with Crippen molar-refractivity contribution in [3.8, 4) is 5.75 Å². The number of hydrogen-bond acceptors (Lipinski definition) is 5. The molecule has 0 saturated carbocycles. The summed E-state index contributed by atoms with van der Waals surface area (Å²) in [6.07, 6.45) is 1.47. The summed E-state index contributed by atoms with van der Waals surface area (Å²) in [5.41, 5.74) is 7.25. The van der Waals surface area contributed by atoms with E-state index in [2.05, 4.69) is 20.5 Å². The molecule has 0 fully saturated rings. The van der Waals surface area contributed by atoms with Crippen molar-refractivity contribution in [2.45, 2.75) is 6.54 Å². The number of aromatic amines is 1. The van der Waals surface area contributed by atoms with Crippen LogP contribution in [0.1, 0.15) is 5.82 Å². The number of benzene rings is 1. The molecular formula is C10H13N5O. The van der Waals surface area contributed by atoms with E-state index in [1.54, 1.807) is 13.2 Å². The molecule has 1 heterocycles. The van der Waals surface area contributed by atoms with Crippen LogP contribution in [0.4, 0.5) is 11.4 Å². The van der Waals surface area contributed by atoms with Gasteiger partial charge in [0.1, 0.15) is 17.9 Å². The van der Waals surface area contributed by atoms with E-state index in [9.17, 15) is 0 Å². The molecule has 0 amide bonds. The van der Waals surface area contributed by atoms with Crippen molar-refractivity contribution in [2.24, 2.45) is 0 Å². The van der Waals surface area contributed by atoms with Crippen molar-refractivity contribution in [2.75, 3.05) is 18.2 Å². The van der Waals surface area contributed by atoms with Crippen LogP contribution in [0.25, 0.3) is 0 Å². The lowest BCUT2D eigenvalue weighted by Crippen LogP contribution is -2.02. The third-order valence-corrected chi connectivity index (χ3v) is 2.16. The predicted octanol–water partition coefficient (Wildman–Crippen LogP) is 1.01. The number of rotatable bonds is 4. The van der Waals surface area contributed by atoms with Crippen molar-refractivity contribution in [3.05, 3.63) is 30.4 Å². The molecule has 0 saturated heterocycles. The topological polar surface area (TPSA) is 88.8 Å². The number of hydrogen-bond donors (Lipinski definition) is 3. The van der Waals surface area contributed by atoms with Crippen LogP contribution in [0, 0.1) is 0 Å². The first-order valence-electron chi connectivity index (χ1n) is 4.81. The smallest absolute Gasteiger partial charge is 0.143 e. The highest BCUT2D eigenvalue weighted by molar-refractivity contribution is 5.61. The minimum absolute atomic E-state index is 0.576. The van der Waals surface area contributed by atoms with Gasteiger partial charge in [-0.1, -0.05) is 0 Å². The van der Waals surface area contributed by atoms with Crippen molar-refractivity contribution in [1.29, 1.82) is 0 Å². The fourth-order valence-corrected chi connectivity index (χ4v) is 1.32. The zero-order valence-corrected chi connectivity index (χ0v) is 8.90. The lowest BCUT2D eigenvalue weighted by atomic mass is 10.2. The van der Waals surface area contributed by atoms with Crippen LogP contribution in [0.3, 0.4) is 0 Å². The van der Waals surface area contributed by atoms with Crippen molar-refractivity contribution < 1.29 is 4.74 Å². The highest BCUT2D eigenvalue weighted by Gasteiger charge is 2.01. The van der Waals surface area contributed by atoms with Gasteiger partial charge in [-0.25, -0.2) is 4.98 Å². The normalized spacial score (nSPS) is 10.1. The zero-order valence-electron chi connectivity index (χ0n) is 8.90.